The van der Waals surface area contributed by atoms with Crippen LogP contribution in [0.4, 0.5) is 0 Å². The summed E-state index contributed by atoms with van der Waals surface area (Å²) < 4.78 is 0. The zero-order chi connectivity index (χ0) is 44.2. The molecule has 2 unspecified atom stereocenters. The average molecular weight is 857 g/mol. The lowest BCUT2D eigenvalue weighted by molar-refractivity contribution is -0.123. The Labute approximate surface area is 382 Å². The summed E-state index contributed by atoms with van der Waals surface area (Å²) in [6.07, 6.45) is 72.0. The molecule has 0 heterocycles. The first-order valence-electron chi connectivity index (χ1n) is 27.7. The van der Waals surface area contributed by atoms with E-state index in [-0.39, 0.29) is 12.5 Å². The van der Waals surface area contributed by atoms with E-state index in [4.69, 9.17) is 0 Å². The van der Waals surface area contributed by atoms with Gasteiger partial charge in [0.05, 0.1) is 18.8 Å². The number of carbonyl (C=O) groups is 1. The van der Waals surface area contributed by atoms with Crippen molar-refractivity contribution in [3.63, 3.8) is 0 Å². The standard InChI is InChI=1S/C57H109NO3/c1-3-5-7-9-11-13-15-16-17-18-19-20-21-22-23-24-25-26-27-28-29-30-31-32-33-34-35-36-37-38-39-40-41-42-43-45-47-49-51-53-57(61)58-55(54-59)56(60)52-50-48-46-44-14-12-10-8-6-4-2/h14,18-19,44,50,52,55-56,59-60H,3-13,15-17,20-43,45-49,51,53-54H2,1-2H3,(H,58,61)/b19-18-,44-14+,52-50+. The number of aliphatic hydroxyl groups excluding tert-OH is 2. The Balaban J connectivity index is 3.34. The molecule has 4 heteroatoms. The van der Waals surface area contributed by atoms with Crippen molar-refractivity contribution in [1.82, 2.24) is 5.32 Å². The molecule has 0 saturated heterocycles. The fraction of sp³-hybridized carbons (Fsp3) is 0.877. The van der Waals surface area contributed by atoms with Gasteiger partial charge in [0.25, 0.3) is 0 Å². The lowest BCUT2D eigenvalue weighted by atomic mass is 10.0. The minimum absolute atomic E-state index is 0.0713. The van der Waals surface area contributed by atoms with E-state index < -0.39 is 12.1 Å². The summed E-state index contributed by atoms with van der Waals surface area (Å²) in [5.41, 5.74) is 0. The van der Waals surface area contributed by atoms with E-state index in [0.29, 0.717) is 6.42 Å². The van der Waals surface area contributed by atoms with Crippen molar-refractivity contribution >= 4 is 5.91 Å². The van der Waals surface area contributed by atoms with Gasteiger partial charge in [0.2, 0.25) is 5.91 Å². The van der Waals surface area contributed by atoms with E-state index in [1.807, 2.05) is 6.08 Å². The lowest BCUT2D eigenvalue weighted by Crippen LogP contribution is -2.45. The van der Waals surface area contributed by atoms with E-state index in [9.17, 15) is 15.0 Å². The van der Waals surface area contributed by atoms with Crippen molar-refractivity contribution in [2.24, 2.45) is 0 Å². The first-order chi connectivity index (χ1) is 30.2. The maximum Gasteiger partial charge on any atom is 0.220 e. The quantitative estimate of drug-likeness (QED) is 0.0422. The predicted molar refractivity (Wildman–Crippen MR) is 272 cm³/mol. The maximum absolute atomic E-state index is 12.4. The van der Waals surface area contributed by atoms with E-state index in [0.717, 1.165) is 32.1 Å². The molecule has 0 aromatic heterocycles. The van der Waals surface area contributed by atoms with Crippen LogP contribution in [0.5, 0.6) is 0 Å². The highest BCUT2D eigenvalue weighted by atomic mass is 16.3. The predicted octanol–water partition coefficient (Wildman–Crippen LogP) is 18.1. The number of rotatable bonds is 51. The normalized spacial score (nSPS) is 13.0. The SMILES string of the molecule is CCCCCC/C=C/CC/C=C/C(O)C(CO)NC(=O)CCCCCCCCCCCCCCCCCCCCCCCCCCCCC/C=C\CCCCCCCCCC. The van der Waals surface area contributed by atoms with Crippen molar-refractivity contribution < 1.29 is 15.0 Å². The fourth-order valence-electron chi connectivity index (χ4n) is 8.60. The third kappa shape index (κ3) is 49.5. The van der Waals surface area contributed by atoms with Gasteiger partial charge in [-0.25, -0.2) is 0 Å². The number of hydrogen-bond donors (Lipinski definition) is 3. The Morgan fingerprint density at radius 2 is 0.639 bits per heavy atom. The third-order valence-corrected chi connectivity index (χ3v) is 12.8. The number of allylic oxidation sites excluding steroid dienone is 5. The molecule has 61 heavy (non-hydrogen) atoms. The fourth-order valence-corrected chi connectivity index (χ4v) is 8.60. The highest BCUT2D eigenvalue weighted by Crippen LogP contribution is 2.17. The Kier molecular flexibility index (Phi) is 51.7. The van der Waals surface area contributed by atoms with Gasteiger partial charge in [0.15, 0.2) is 0 Å². The van der Waals surface area contributed by atoms with Crippen molar-refractivity contribution in [2.75, 3.05) is 6.61 Å². The summed E-state index contributed by atoms with van der Waals surface area (Å²) in [5, 5.41) is 22.9. The average Bonchev–Trinajstić information content (AvgIpc) is 3.26. The molecule has 1 amide bonds. The smallest absolute Gasteiger partial charge is 0.220 e. The van der Waals surface area contributed by atoms with E-state index >= 15 is 0 Å². The largest absolute Gasteiger partial charge is 0.394 e. The second-order valence-electron chi connectivity index (χ2n) is 19.0. The Bertz CT molecular complexity index is 928. The summed E-state index contributed by atoms with van der Waals surface area (Å²) in [5.74, 6) is -0.0713. The van der Waals surface area contributed by atoms with Gasteiger partial charge < -0.3 is 15.5 Å². The monoisotopic (exact) mass is 856 g/mol. The molecule has 0 saturated carbocycles. The third-order valence-electron chi connectivity index (χ3n) is 12.8. The van der Waals surface area contributed by atoms with Crippen LogP contribution in [0.3, 0.4) is 0 Å². The molecular formula is C57H109NO3. The van der Waals surface area contributed by atoms with Gasteiger partial charge in [-0.1, -0.05) is 275 Å². The van der Waals surface area contributed by atoms with Gasteiger partial charge in [-0.3, -0.25) is 4.79 Å². The molecule has 0 aromatic rings. The minimum Gasteiger partial charge on any atom is -0.394 e. The van der Waals surface area contributed by atoms with Gasteiger partial charge >= 0.3 is 0 Å². The van der Waals surface area contributed by atoms with Crippen LogP contribution in [0, 0.1) is 0 Å². The van der Waals surface area contributed by atoms with Crippen LogP contribution in [-0.2, 0) is 4.79 Å². The number of aliphatic hydroxyl groups is 2. The Morgan fingerprint density at radius 1 is 0.377 bits per heavy atom. The molecule has 2 atom stereocenters. The molecule has 0 aromatic carbocycles. The zero-order valence-electron chi connectivity index (χ0n) is 41.4. The van der Waals surface area contributed by atoms with Gasteiger partial charge in [-0.15, -0.1) is 0 Å². The molecule has 0 fully saturated rings. The number of amides is 1. The van der Waals surface area contributed by atoms with E-state index in [1.165, 1.54) is 250 Å². The maximum atomic E-state index is 12.4. The van der Waals surface area contributed by atoms with Crippen molar-refractivity contribution in [3.8, 4) is 0 Å². The van der Waals surface area contributed by atoms with Crippen LogP contribution in [0.1, 0.15) is 303 Å². The van der Waals surface area contributed by atoms with E-state index in [2.05, 4.69) is 43.5 Å². The molecule has 0 bridgehead atoms. The number of unbranched alkanes of at least 4 members (excludes halogenated alkanes) is 40. The Hall–Kier alpha value is -1.39. The number of hydrogen-bond acceptors (Lipinski definition) is 3. The van der Waals surface area contributed by atoms with Crippen LogP contribution in [0.25, 0.3) is 0 Å². The summed E-state index contributed by atoms with van der Waals surface area (Å²) >= 11 is 0. The molecule has 360 valence electrons. The van der Waals surface area contributed by atoms with Gasteiger partial charge in [-0.05, 0) is 57.8 Å². The van der Waals surface area contributed by atoms with Crippen LogP contribution >= 0.6 is 0 Å². The first kappa shape index (κ1) is 59.6. The zero-order valence-corrected chi connectivity index (χ0v) is 41.4. The molecular weight excluding hydrogens is 747 g/mol. The second kappa shape index (κ2) is 53.0. The topological polar surface area (TPSA) is 69.6 Å². The van der Waals surface area contributed by atoms with E-state index in [1.54, 1.807) is 6.08 Å². The van der Waals surface area contributed by atoms with Crippen molar-refractivity contribution in [3.05, 3.63) is 36.5 Å². The summed E-state index contributed by atoms with van der Waals surface area (Å²) in [6.45, 7) is 4.28. The molecule has 0 aliphatic heterocycles. The van der Waals surface area contributed by atoms with Crippen LogP contribution in [0.15, 0.2) is 36.5 Å². The summed E-state index contributed by atoms with van der Waals surface area (Å²) in [4.78, 5) is 12.4. The molecule has 0 spiro atoms. The van der Waals surface area contributed by atoms with Crippen molar-refractivity contribution in [1.29, 1.82) is 0 Å². The lowest BCUT2D eigenvalue weighted by Gasteiger charge is -2.19. The molecule has 0 aliphatic rings. The van der Waals surface area contributed by atoms with Gasteiger partial charge in [-0.2, -0.15) is 0 Å². The number of nitrogens with one attached hydrogen (secondary N) is 1. The number of carbonyl (C=O) groups excluding carboxylic acids is 1. The second-order valence-corrected chi connectivity index (χ2v) is 19.0. The summed E-state index contributed by atoms with van der Waals surface area (Å²) in [6, 6.07) is -0.635. The highest BCUT2D eigenvalue weighted by Gasteiger charge is 2.18. The minimum atomic E-state index is -0.858. The first-order valence-corrected chi connectivity index (χ1v) is 27.7. The van der Waals surface area contributed by atoms with Gasteiger partial charge in [0, 0.05) is 6.42 Å². The van der Waals surface area contributed by atoms with Crippen molar-refractivity contribution in [2.45, 2.75) is 315 Å². The molecule has 3 N–H and O–H groups in total. The van der Waals surface area contributed by atoms with Crippen LogP contribution < -0.4 is 5.32 Å². The van der Waals surface area contributed by atoms with Gasteiger partial charge in [0.1, 0.15) is 0 Å². The highest BCUT2D eigenvalue weighted by molar-refractivity contribution is 5.76. The molecule has 4 nitrogen and oxygen atoms in total. The molecule has 0 aliphatic carbocycles. The Morgan fingerprint density at radius 3 is 0.967 bits per heavy atom. The molecule has 0 rings (SSSR count). The van der Waals surface area contributed by atoms with Crippen LogP contribution in [0.2, 0.25) is 0 Å². The van der Waals surface area contributed by atoms with Crippen LogP contribution in [-0.4, -0.2) is 34.9 Å². The summed E-state index contributed by atoms with van der Waals surface area (Å²) in [7, 11) is 0. The molecule has 0 radical (unpaired) electrons.